The van der Waals surface area contributed by atoms with Crippen molar-refractivity contribution in [1.82, 2.24) is 19.4 Å². The number of fused-ring (bicyclic) bond motifs is 2. The Morgan fingerprint density at radius 2 is 1.04 bits per heavy atom. The average Bonchev–Trinajstić information content (AvgIpc) is 4.07. The van der Waals surface area contributed by atoms with E-state index in [0.29, 0.717) is 16.7 Å². The van der Waals surface area contributed by atoms with Crippen molar-refractivity contribution in [2.45, 2.75) is 9.79 Å². The van der Waals surface area contributed by atoms with Gasteiger partial charge >= 0.3 is 10.1 Å². The van der Waals surface area contributed by atoms with Crippen LogP contribution < -0.4 is 35.2 Å². The summed E-state index contributed by atoms with van der Waals surface area (Å²) in [6, 6.07) is 19.9. The molecule has 9 aromatic rings. The highest BCUT2D eigenvalue weighted by Crippen LogP contribution is 2.35. The molecule has 4 aromatic heterocycles. The maximum Gasteiger partial charge on any atom is 0.339 e. The molecule has 17 nitrogen and oxygen atoms in total. The van der Waals surface area contributed by atoms with E-state index >= 15 is 0 Å². The first-order valence-electron chi connectivity index (χ1n) is 19.5. The Bertz CT molecular complexity index is 3880. The number of methoxy groups -OCH3 is 2. The van der Waals surface area contributed by atoms with Crippen molar-refractivity contribution in [3.63, 3.8) is 0 Å². The summed E-state index contributed by atoms with van der Waals surface area (Å²) in [4.78, 5) is 24.5. The number of halogens is 9. The molecular formula is C44H27Br2F7N6O11S2. The number of nitrogens with two attached hydrogens (primary N) is 1. The van der Waals surface area contributed by atoms with Crippen LogP contribution in [0.15, 0.2) is 147 Å². The van der Waals surface area contributed by atoms with Crippen LogP contribution in [0.3, 0.4) is 0 Å². The van der Waals surface area contributed by atoms with E-state index in [9.17, 15) is 57.2 Å². The Morgan fingerprint density at radius 3 is 1.47 bits per heavy atom. The second-order valence-electron chi connectivity index (χ2n) is 14.2. The number of hydrogen-bond acceptors (Lipinski definition) is 14. The summed E-state index contributed by atoms with van der Waals surface area (Å²) in [5, 5.41) is 7.35. The van der Waals surface area contributed by atoms with E-state index in [2.05, 4.69) is 60.1 Å². The van der Waals surface area contributed by atoms with Crippen LogP contribution in [0.25, 0.3) is 33.2 Å². The third-order valence-electron chi connectivity index (χ3n) is 9.75. The molecule has 5 aromatic carbocycles. The van der Waals surface area contributed by atoms with E-state index < -0.39 is 82.6 Å². The third kappa shape index (κ3) is 10.6. The summed E-state index contributed by atoms with van der Waals surface area (Å²) in [6.45, 7) is 0. The highest BCUT2D eigenvalue weighted by Gasteiger charge is 2.31. The topological polar surface area (TPSA) is 230 Å². The summed E-state index contributed by atoms with van der Waals surface area (Å²) in [7, 11) is -6.38. The second kappa shape index (κ2) is 21.0. The highest BCUT2D eigenvalue weighted by molar-refractivity contribution is 9.10. The highest BCUT2D eigenvalue weighted by atomic mass is 79.9. The van der Waals surface area contributed by atoms with Crippen LogP contribution in [0.5, 0.6) is 17.2 Å². The van der Waals surface area contributed by atoms with Gasteiger partial charge in [-0.25, -0.2) is 30.4 Å². The first-order chi connectivity index (χ1) is 34.1. The fourth-order valence-corrected chi connectivity index (χ4v) is 9.12. The molecule has 0 atom stereocenters. The minimum absolute atomic E-state index is 0.0259. The number of anilines is 2. The molecule has 0 unspecified atom stereocenters. The van der Waals surface area contributed by atoms with E-state index in [1.807, 2.05) is 0 Å². The van der Waals surface area contributed by atoms with Crippen molar-refractivity contribution in [2.24, 2.45) is 0 Å². The van der Waals surface area contributed by atoms with Crippen LogP contribution in [0, 0.1) is 40.7 Å². The molecule has 0 fully saturated rings. The number of benzene rings is 5. The lowest BCUT2D eigenvalue weighted by Gasteiger charge is -2.15. The van der Waals surface area contributed by atoms with Gasteiger partial charge in [0.15, 0.2) is 11.6 Å². The molecule has 0 radical (unpaired) electrons. The van der Waals surface area contributed by atoms with E-state index in [4.69, 9.17) is 15.2 Å². The van der Waals surface area contributed by atoms with Gasteiger partial charge in [-0.15, -0.1) is 0 Å². The van der Waals surface area contributed by atoms with Crippen molar-refractivity contribution < 1.29 is 70.3 Å². The van der Waals surface area contributed by atoms with Crippen molar-refractivity contribution >= 4 is 85.4 Å². The van der Waals surface area contributed by atoms with Gasteiger partial charge < -0.3 is 28.4 Å². The van der Waals surface area contributed by atoms with Gasteiger partial charge in [-0.05, 0) is 92.5 Å². The molecule has 0 bridgehead atoms. The molecule has 0 aliphatic heterocycles. The van der Waals surface area contributed by atoms with Gasteiger partial charge in [-0.1, -0.05) is 10.3 Å². The third-order valence-corrected chi connectivity index (χ3v) is 13.5. The monoisotopic (exact) mass is 1170 g/mol. The molecule has 4 heterocycles. The molecule has 0 amide bonds. The number of nitrogens with zero attached hydrogens (tertiary/aromatic N) is 4. The number of sulfonamides is 1. The predicted octanol–water partition coefficient (Wildman–Crippen LogP) is 9.31. The maximum absolute atomic E-state index is 14.2. The van der Waals surface area contributed by atoms with Crippen molar-refractivity contribution in [3.8, 4) is 28.6 Å². The number of hydrogen-bond donors (Lipinski definition) is 2. The molecule has 0 spiro atoms. The van der Waals surface area contributed by atoms with Crippen LogP contribution in [0.2, 0.25) is 0 Å². The van der Waals surface area contributed by atoms with Crippen molar-refractivity contribution in [3.05, 3.63) is 180 Å². The Labute approximate surface area is 416 Å². The lowest BCUT2D eigenvalue weighted by molar-refractivity contribution is 0.346. The predicted molar refractivity (Wildman–Crippen MR) is 250 cm³/mol. The molecule has 0 aliphatic carbocycles. The second-order valence-corrected chi connectivity index (χ2v) is 19.1. The van der Waals surface area contributed by atoms with E-state index in [1.165, 1.54) is 92.0 Å². The van der Waals surface area contributed by atoms with Gasteiger partial charge in [0, 0.05) is 47.2 Å². The van der Waals surface area contributed by atoms with Crippen molar-refractivity contribution in [1.29, 1.82) is 0 Å². The molecule has 0 saturated carbocycles. The minimum atomic E-state index is -5.12. The van der Waals surface area contributed by atoms with E-state index in [-0.39, 0.29) is 53.4 Å². The molecular weight excluding hydrogens is 1150 g/mol. The van der Waals surface area contributed by atoms with Crippen molar-refractivity contribution in [2.75, 3.05) is 24.7 Å². The van der Waals surface area contributed by atoms with Gasteiger partial charge in [-0.2, -0.15) is 17.2 Å². The SMILES string of the molecule is COc1cc(Br)c(F)cc1-n1c(=O)ccc2cc(S(=O)(=O)Nc3ccon3)ccc21.COc1cc(Br)c(F)cc1-n1c(=O)ccc2cc(S(=O)(=O)Oc3c(F)c(F)c(F)c(F)c3F)ccc21.Nc1ccon1. The first kappa shape index (κ1) is 52.1. The quantitative estimate of drug-likeness (QED) is 0.0563. The Kier molecular flexibility index (Phi) is 15.2. The van der Waals surface area contributed by atoms with Gasteiger partial charge in [0.2, 0.25) is 34.8 Å². The fraction of sp³-hybridized carbons (Fsp3) is 0.0455. The molecule has 0 saturated heterocycles. The summed E-state index contributed by atoms with van der Waals surface area (Å²) in [5.41, 5.74) is 4.60. The Balaban J connectivity index is 0.000000191. The summed E-state index contributed by atoms with van der Waals surface area (Å²) < 4.78 is 175. The minimum Gasteiger partial charge on any atom is -0.495 e. The largest absolute Gasteiger partial charge is 0.495 e. The molecule has 374 valence electrons. The zero-order valence-electron chi connectivity index (χ0n) is 36.0. The molecule has 0 aliphatic rings. The Hall–Kier alpha value is -7.69. The zero-order chi connectivity index (χ0) is 52.4. The van der Waals surface area contributed by atoms with Gasteiger partial charge in [0.25, 0.3) is 21.1 Å². The Morgan fingerprint density at radius 1 is 0.583 bits per heavy atom. The average molecular weight is 1170 g/mol. The van der Waals surface area contributed by atoms with Gasteiger partial charge in [0.1, 0.15) is 40.6 Å². The standard InChI is InChI=1S/C22H10BrF6NO5S.C19H13BrFN3O5S.C3H4N2O/c1-34-15-7-11(23)12(24)8-14(15)30-13-4-3-10(6-9(13)2-5-16(30)31)36(32,33)35-22-20(28)18(26)17(25)19(27)21(22)29;1-28-17-9-13(20)14(21)10-16(17)24-15-4-3-12(8-11(15)2-5-19(24)25)30(26,27)23-18-6-7-29-22-18;4-3-1-2-6-5-3/h2-8H,1H3;2-10H,1H3,(H,22,23);1-2H,(H2,4,5). The first-order valence-corrected chi connectivity index (χ1v) is 24.0. The fourth-order valence-electron chi connectivity index (χ4n) is 6.48. The zero-order valence-corrected chi connectivity index (χ0v) is 40.8. The van der Waals surface area contributed by atoms with E-state index in [1.54, 1.807) is 6.07 Å². The van der Waals surface area contributed by atoms with E-state index in [0.717, 1.165) is 34.9 Å². The normalized spacial score (nSPS) is 11.4. The number of nitrogen functional groups attached to an aromatic ring is 1. The smallest absolute Gasteiger partial charge is 0.339 e. The van der Waals surface area contributed by atoms with Gasteiger partial charge in [-0.3, -0.25) is 23.4 Å². The summed E-state index contributed by atoms with van der Waals surface area (Å²) in [5.74, 6) is -14.7. The lowest BCUT2D eigenvalue weighted by atomic mass is 10.2. The maximum atomic E-state index is 14.2. The van der Waals surface area contributed by atoms with Crippen LogP contribution >= 0.6 is 31.9 Å². The number of rotatable bonds is 10. The van der Waals surface area contributed by atoms with Crippen LogP contribution in [0.4, 0.5) is 42.4 Å². The van der Waals surface area contributed by atoms with Crippen LogP contribution in [-0.4, -0.2) is 50.5 Å². The molecule has 28 heteroatoms. The van der Waals surface area contributed by atoms with Crippen LogP contribution in [0.1, 0.15) is 0 Å². The molecule has 72 heavy (non-hydrogen) atoms. The number of ether oxygens (including phenoxy) is 2. The summed E-state index contributed by atoms with van der Waals surface area (Å²) in [6.07, 6.45) is 2.66. The van der Waals surface area contributed by atoms with Gasteiger partial charge in [0.05, 0.1) is 50.5 Å². The summed E-state index contributed by atoms with van der Waals surface area (Å²) >= 11 is 6.09. The lowest BCUT2D eigenvalue weighted by Crippen LogP contribution is -2.19. The number of pyridine rings is 2. The van der Waals surface area contributed by atoms with Crippen LogP contribution in [-0.2, 0) is 20.1 Å². The molecule has 3 N–H and O–H groups in total. The number of aromatic nitrogens is 4. The number of nitrogens with one attached hydrogen (secondary N) is 1. The molecule has 9 rings (SSSR count).